The predicted octanol–water partition coefficient (Wildman–Crippen LogP) is 1.96. The molecule has 3 aromatic rings. The molecule has 8 heteroatoms. The zero-order valence-corrected chi connectivity index (χ0v) is 15.6. The van der Waals surface area contributed by atoms with E-state index in [1.165, 1.54) is 4.63 Å². The van der Waals surface area contributed by atoms with Crippen molar-refractivity contribution in [3.05, 3.63) is 48.0 Å². The highest BCUT2D eigenvalue weighted by Crippen LogP contribution is 2.26. The number of anilines is 1. The summed E-state index contributed by atoms with van der Waals surface area (Å²) in [6, 6.07) is 14.0. The Bertz CT molecular complexity index is 918. The normalized spacial score (nSPS) is 16.4. The van der Waals surface area contributed by atoms with Crippen LogP contribution < -0.4 is 4.90 Å². The second-order valence-electron chi connectivity index (χ2n) is 7.02. The highest BCUT2D eigenvalue weighted by molar-refractivity contribution is 5.79. The second-order valence-corrected chi connectivity index (χ2v) is 7.02. The lowest BCUT2D eigenvalue weighted by molar-refractivity contribution is -0.136. The standard InChI is InChI=1S/C19H23N7O/c1-14(15-6-4-3-5-7-15)24(2)19(27)16-10-12-25(13-11-16)18-9-8-17-20-22-23-26(17)21-18/h3-9,14,16H,10-13H2,1-2H3/t14-/m0/s1. The summed E-state index contributed by atoms with van der Waals surface area (Å²) >= 11 is 0. The molecule has 1 aliphatic heterocycles. The van der Waals surface area contributed by atoms with Gasteiger partial charge in [-0.3, -0.25) is 4.79 Å². The van der Waals surface area contributed by atoms with E-state index in [9.17, 15) is 4.79 Å². The number of aromatic nitrogens is 5. The molecular formula is C19H23N7O. The summed E-state index contributed by atoms with van der Waals surface area (Å²) in [6.07, 6.45) is 1.64. The van der Waals surface area contributed by atoms with Crippen LogP contribution in [0.25, 0.3) is 5.65 Å². The van der Waals surface area contributed by atoms with Gasteiger partial charge in [-0.1, -0.05) is 30.3 Å². The van der Waals surface area contributed by atoms with Gasteiger partial charge in [0.2, 0.25) is 5.91 Å². The number of carbonyl (C=O) groups is 1. The van der Waals surface area contributed by atoms with E-state index in [2.05, 4.69) is 44.6 Å². The summed E-state index contributed by atoms with van der Waals surface area (Å²) in [5.41, 5.74) is 1.78. The molecule has 140 valence electrons. The number of nitrogens with zero attached hydrogens (tertiary/aromatic N) is 7. The number of tetrazole rings is 1. The van der Waals surface area contributed by atoms with Crippen LogP contribution in [0.5, 0.6) is 0 Å². The van der Waals surface area contributed by atoms with Crippen LogP contribution >= 0.6 is 0 Å². The molecule has 0 saturated carbocycles. The van der Waals surface area contributed by atoms with E-state index in [-0.39, 0.29) is 17.9 Å². The van der Waals surface area contributed by atoms with Crippen molar-refractivity contribution in [1.29, 1.82) is 0 Å². The minimum atomic E-state index is 0.0502. The lowest BCUT2D eigenvalue weighted by Crippen LogP contribution is -2.42. The molecule has 4 rings (SSSR count). The molecule has 1 aliphatic rings. The first-order valence-electron chi connectivity index (χ1n) is 9.25. The maximum Gasteiger partial charge on any atom is 0.226 e. The molecule has 3 heterocycles. The van der Waals surface area contributed by atoms with E-state index >= 15 is 0 Å². The third-order valence-corrected chi connectivity index (χ3v) is 5.43. The largest absolute Gasteiger partial charge is 0.355 e. The molecule has 8 nitrogen and oxygen atoms in total. The van der Waals surface area contributed by atoms with Gasteiger partial charge in [-0.15, -0.1) is 14.8 Å². The maximum absolute atomic E-state index is 13.0. The molecular weight excluding hydrogens is 342 g/mol. The Morgan fingerprint density at radius 1 is 1.15 bits per heavy atom. The van der Waals surface area contributed by atoms with E-state index in [0.29, 0.717) is 5.65 Å². The van der Waals surface area contributed by atoms with E-state index in [4.69, 9.17) is 0 Å². The number of carbonyl (C=O) groups excluding carboxylic acids is 1. The van der Waals surface area contributed by atoms with Gasteiger partial charge in [0.1, 0.15) is 0 Å². The fraction of sp³-hybridized carbons (Fsp3) is 0.421. The summed E-state index contributed by atoms with van der Waals surface area (Å²) in [4.78, 5) is 17.0. The van der Waals surface area contributed by atoms with Crippen molar-refractivity contribution >= 4 is 17.4 Å². The SMILES string of the molecule is C[C@@H](c1ccccc1)N(C)C(=O)C1CCN(c2ccc3nnnn3n2)CC1. The Morgan fingerprint density at radius 2 is 1.89 bits per heavy atom. The summed E-state index contributed by atoms with van der Waals surface area (Å²) in [6.45, 7) is 3.67. The fourth-order valence-corrected chi connectivity index (χ4v) is 3.60. The first kappa shape index (κ1) is 17.4. The lowest BCUT2D eigenvalue weighted by atomic mass is 9.94. The minimum absolute atomic E-state index is 0.0502. The molecule has 0 bridgehead atoms. The Morgan fingerprint density at radius 3 is 2.63 bits per heavy atom. The monoisotopic (exact) mass is 365 g/mol. The van der Waals surface area contributed by atoms with E-state index < -0.39 is 0 Å². The average Bonchev–Trinajstić information content (AvgIpc) is 3.21. The molecule has 0 unspecified atom stereocenters. The highest BCUT2D eigenvalue weighted by atomic mass is 16.2. The number of benzene rings is 1. The third-order valence-electron chi connectivity index (χ3n) is 5.43. The quantitative estimate of drug-likeness (QED) is 0.703. The maximum atomic E-state index is 13.0. The van der Waals surface area contributed by atoms with Gasteiger partial charge < -0.3 is 9.80 Å². The van der Waals surface area contributed by atoms with Crippen LogP contribution in [0.3, 0.4) is 0 Å². The van der Waals surface area contributed by atoms with Gasteiger partial charge in [-0.2, -0.15) is 0 Å². The van der Waals surface area contributed by atoms with Crippen molar-refractivity contribution in [2.75, 3.05) is 25.0 Å². The van der Waals surface area contributed by atoms with Gasteiger partial charge in [0.05, 0.1) is 6.04 Å². The van der Waals surface area contributed by atoms with Crippen molar-refractivity contribution in [1.82, 2.24) is 30.2 Å². The molecule has 1 aromatic carbocycles. The molecule has 2 aromatic heterocycles. The Labute approximate surface area is 157 Å². The van der Waals surface area contributed by atoms with Crippen LogP contribution in [-0.2, 0) is 4.79 Å². The van der Waals surface area contributed by atoms with Crippen LogP contribution in [0.15, 0.2) is 42.5 Å². The number of piperidine rings is 1. The van der Waals surface area contributed by atoms with E-state index in [1.54, 1.807) is 0 Å². The summed E-state index contributed by atoms with van der Waals surface area (Å²) in [5.74, 6) is 1.11. The molecule has 1 atom stereocenters. The van der Waals surface area contributed by atoms with E-state index in [1.807, 2.05) is 42.3 Å². The summed E-state index contributed by atoms with van der Waals surface area (Å²) in [7, 11) is 1.90. The number of hydrogen-bond donors (Lipinski definition) is 0. The van der Waals surface area contributed by atoms with Gasteiger partial charge in [0, 0.05) is 26.1 Å². The van der Waals surface area contributed by atoms with Crippen molar-refractivity contribution in [3.63, 3.8) is 0 Å². The smallest absolute Gasteiger partial charge is 0.226 e. The summed E-state index contributed by atoms with van der Waals surface area (Å²) < 4.78 is 1.43. The first-order valence-corrected chi connectivity index (χ1v) is 9.25. The lowest BCUT2D eigenvalue weighted by Gasteiger charge is -2.35. The van der Waals surface area contributed by atoms with Crippen molar-refractivity contribution in [3.8, 4) is 0 Å². The molecule has 1 fully saturated rings. The molecule has 27 heavy (non-hydrogen) atoms. The number of rotatable bonds is 4. The number of fused-ring (bicyclic) bond motifs is 1. The van der Waals surface area contributed by atoms with Crippen LogP contribution in [-0.4, -0.2) is 56.2 Å². The molecule has 1 amide bonds. The average molecular weight is 365 g/mol. The van der Waals surface area contributed by atoms with Crippen molar-refractivity contribution in [2.45, 2.75) is 25.8 Å². The Kier molecular flexibility index (Phi) is 4.70. The zero-order chi connectivity index (χ0) is 18.8. The number of amides is 1. The van der Waals surface area contributed by atoms with Gasteiger partial charge in [-0.25, -0.2) is 0 Å². The molecule has 0 radical (unpaired) electrons. The van der Waals surface area contributed by atoms with Crippen LogP contribution in [0.4, 0.5) is 5.82 Å². The van der Waals surface area contributed by atoms with E-state index in [0.717, 1.165) is 37.3 Å². The highest BCUT2D eigenvalue weighted by Gasteiger charge is 2.30. The second kappa shape index (κ2) is 7.30. The fourth-order valence-electron chi connectivity index (χ4n) is 3.60. The minimum Gasteiger partial charge on any atom is -0.355 e. The van der Waals surface area contributed by atoms with Gasteiger partial charge in [0.15, 0.2) is 11.5 Å². The first-order chi connectivity index (χ1) is 13.1. The Hall–Kier alpha value is -3.03. The summed E-state index contributed by atoms with van der Waals surface area (Å²) in [5, 5.41) is 15.8. The van der Waals surface area contributed by atoms with Gasteiger partial charge in [0.25, 0.3) is 0 Å². The van der Waals surface area contributed by atoms with Crippen LogP contribution in [0.1, 0.15) is 31.4 Å². The van der Waals surface area contributed by atoms with Crippen LogP contribution in [0.2, 0.25) is 0 Å². The van der Waals surface area contributed by atoms with Crippen molar-refractivity contribution < 1.29 is 4.79 Å². The molecule has 0 aliphatic carbocycles. The van der Waals surface area contributed by atoms with Gasteiger partial charge in [-0.05, 0) is 47.9 Å². The predicted molar refractivity (Wildman–Crippen MR) is 101 cm³/mol. The third kappa shape index (κ3) is 3.47. The molecule has 0 spiro atoms. The van der Waals surface area contributed by atoms with Gasteiger partial charge >= 0.3 is 0 Å². The molecule has 0 N–H and O–H groups in total. The number of hydrogen-bond acceptors (Lipinski definition) is 6. The van der Waals surface area contributed by atoms with Crippen molar-refractivity contribution in [2.24, 2.45) is 5.92 Å². The topological polar surface area (TPSA) is 79.5 Å². The van der Waals surface area contributed by atoms with Crippen LogP contribution in [0, 0.1) is 5.92 Å². The zero-order valence-electron chi connectivity index (χ0n) is 15.6. The Balaban J connectivity index is 1.38. The molecule has 1 saturated heterocycles.